The Balaban J connectivity index is 2.74. The quantitative estimate of drug-likeness (QED) is 0.591. The molecule has 0 N–H and O–H groups in total. The Morgan fingerprint density at radius 2 is 2.14 bits per heavy atom. The van der Waals surface area contributed by atoms with Crippen LogP contribution in [0.3, 0.4) is 0 Å². The first kappa shape index (κ1) is 17.3. The zero-order chi connectivity index (χ0) is 16.0. The van der Waals surface area contributed by atoms with E-state index >= 15 is 0 Å². The van der Waals surface area contributed by atoms with E-state index in [0.717, 1.165) is 6.42 Å². The first-order valence-electron chi connectivity index (χ1n) is 7.25. The van der Waals surface area contributed by atoms with Crippen molar-refractivity contribution in [1.29, 1.82) is 0 Å². The normalized spacial score (nSPS) is 18.8. The molecular weight excluding hydrogens is 270 g/mol. The van der Waals surface area contributed by atoms with E-state index in [-0.39, 0.29) is 24.7 Å². The molecule has 118 valence electrons. The van der Waals surface area contributed by atoms with Gasteiger partial charge >= 0.3 is 12.1 Å². The molecule has 0 spiro atoms. The lowest BCUT2D eigenvalue weighted by atomic mass is 9.98. The van der Waals surface area contributed by atoms with E-state index in [1.165, 1.54) is 6.08 Å². The highest BCUT2D eigenvalue weighted by Gasteiger charge is 2.31. The van der Waals surface area contributed by atoms with Crippen LogP contribution in [0.1, 0.15) is 40.5 Å². The van der Waals surface area contributed by atoms with E-state index in [0.29, 0.717) is 18.5 Å². The second-order valence-corrected chi connectivity index (χ2v) is 6.02. The summed E-state index contributed by atoms with van der Waals surface area (Å²) in [6, 6.07) is -0.0465. The van der Waals surface area contributed by atoms with Gasteiger partial charge in [-0.2, -0.15) is 0 Å². The lowest BCUT2D eigenvalue weighted by Gasteiger charge is -2.34. The zero-order valence-corrected chi connectivity index (χ0v) is 13.3. The van der Waals surface area contributed by atoms with E-state index in [4.69, 9.17) is 9.47 Å². The van der Waals surface area contributed by atoms with Crippen molar-refractivity contribution in [3.63, 3.8) is 0 Å². The lowest BCUT2D eigenvalue weighted by Crippen LogP contribution is -2.44. The molecule has 0 radical (unpaired) electrons. The molecule has 21 heavy (non-hydrogen) atoms. The second-order valence-electron chi connectivity index (χ2n) is 6.02. The Labute approximate surface area is 126 Å². The predicted molar refractivity (Wildman–Crippen MR) is 80.9 cm³/mol. The van der Waals surface area contributed by atoms with Gasteiger partial charge in [0, 0.05) is 18.2 Å². The molecule has 0 aliphatic carbocycles. The number of carbonyl (C=O) groups excluding carboxylic acids is 2. The average molecular weight is 295 g/mol. The molecule has 0 aromatic carbocycles. The Hall–Kier alpha value is -1.78. The van der Waals surface area contributed by atoms with Gasteiger partial charge in [0.05, 0.1) is 0 Å². The van der Waals surface area contributed by atoms with Crippen LogP contribution in [0.5, 0.6) is 0 Å². The molecular formula is C16H25NO4. The van der Waals surface area contributed by atoms with E-state index in [1.54, 1.807) is 11.0 Å². The molecule has 1 atom stereocenters. The third-order valence-electron chi connectivity index (χ3n) is 3.12. The molecule has 1 heterocycles. The van der Waals surface area contributed by atoms with Crippen LogP contribution in [0.15, 0.2) is 24.3 Å². The molecule has 1 amide bonds. The van der Waals surface area contributed by atoms with Crippen molar-refractivity contribution in [1.82, 2.24) is 4.90 Å². The van der Waals surface area contributed by atoms with Crippen LogP contribution in [0.25, 0.3) is 0 Å². The number of nitrogens with zero attached hydrogens (tertiary/aromatic N) is 1. The van der Waals surface area contributed by atoms with Crippen LogP contribution in [0, 0.1) is 0 Å². The highest BCUT2D eigenvalue weighted by atomic mass is 16.6. The maximum Gasteiger partial charge on any atom is 0.410 e. The van der Waals surface area contributed by atoms with Gasteiger partial charge in [0.25, 0.3) is 0 Å². The molecule has 0 bridgehead atoms. The Bertz CT molecular complexity index is 434. The first-order chi connectivity index (χ1) is 9.78. The third-order valence-corrected chi connectivity index (χ3v) is 3.12. The molecule has 0 unspecified atom stereocenters. The maximum absolute atomic E-state index is 12.1. The Morgan fingerprint density at radius 1 is 1.48 bits per heavy atom. The van der Waals surface area contributed by atoms with Gasteiger partial charge in [0.2, 0.25) is 0 Å². The highest BCUT2D eigenvalue weighted by molar-refractivity contribution is 5.89. The minimum Gasteiger partial charge on any atom is -0.457 e. The minimum absolute atomic E-state index is 0.0465. The summed E-state index contributed by atoms with van der Waals surface area (Å²) in [5, 5.41) is 0. The van der Waals surface area contributed by atoms with Crippen LogP contribution < -0.4 is 0 Å². The molecule has 0 fully saturated rings. The molecule has 1 aliphatic heterocycles. The fourth-order valence-electron chi connectivity index (χ4n) is 2.12. The summed E-state index contributed by atoms with van der Waals surface area (Å²) in [6.07, 6.45) is 4.15. The average Bonchev–Trinajstić information content (AvgIpc) is 2.42. The number of hydrogen-bond acceptors (Lipinski definition) is 4. The van der Waals surface area contributed by atoms with Crippen LogP contribution in [-0.4, -0.2) is 41.8 Å². The fraction of sp³-hybridized carbons (Fsp3) is 0.625. The van der Waals surface area contributed by atoms with Crippen molar-refractivity contribution >= 4 is 12.1 Å². The van der Waals surface area contributed by atoms with Crippen LogP contribution in [-0.2, 0) is 14.3 Å². The minimum atomic E-state index is -0.514. The van der Waals surface area contributed by atoms with Crippen molar-refractivity contribution in [3.8, 4) is 0 Å². The summed E-state index contributed by atoms with van der Waals surface area (Å²) >= 11 is 0. The van der Waals surface area contributed by atoms with Crippen molar-refractivity contribution in [3.05, 3.63) is 24.3 Å². The SMILES string of the molecule is C=CCOC(=O)N1CC=C(C(=O)OC(C)(C)C)C[C@H]1CC. The smallest absolute Gasteiger partial charge is 0.410 e. The standard InChI is InChI=1S/C16H25NO4/c1-6-10-20-15(19)17-9-8-12(11-13(17)7-2)14(18)21-16(3,4)5/h6,8,13H,1,7,9-11H2,2-5H3/t13-/m1/s1. The van der Waals surface area contributed by atoms with Crippen molar-refractivity contribution in [2.24, 2.45) is 0 Å². The van der Waals surface area contributed by atoms with Gasteiger partial charge in [-0.25, -0.2) is 9.59 Å². The molecule has 5 heteroatoms. The maximum atomic E-state index is 12.1. The topological polar surface area (TPSA) is 55.8 Å². The fourth-order valence-corrected chi connectivity index (χ4v) is 2.12. The summed E-state index contributed by atoms with van der Waals surface area (Å²) in [6.45, 7) is 11.6. The summed E-state index contributed by atoms with van der Waals surface area (Å²) in [4.78, 5) is 25.7. The summed E-state index contributed by atoms with van der Waals surface area (Å²) in [7, 11) is 0. The Kier molecular flexibility index (Phi) is 6.00. The van der Waals surface area contributed by atoms with Crippen molar-refractivity contribution in [2.45, 2.75) is 52.2 Å². The molecule has 5 nitrogen and oxygen atoms in total. The van der Waals surface area contributed by atoms with Crippen molar-refractivity contribution in [2.75, 3.05) is 13.2 Å². The molecule has 0 aromatic rings. The van der Waals surface area contributed by atoms with Gasteiger partial charge in [-0.3, -0.25) is 0 Å². The number of rotatable bonds is 4. The number of ether oxygens (including phenoxy) is 2. The van der Waals surface area contributed by atoms with Gasteiger partial charge in [-0.15, -0.1) is 0 Å². The van der Waals surface area contributed by atoms with E-state index in [2.05, 4.69) is 6.58 Å². The number of hydrogen-bond donors (Lipinski definition) is 0. The first-order valence-corrected chi connectivity index (χ1v) is 7.25. The number of esters is 1. The second kappa shape index (κ2) is 7.29. The van der Waals surface area contributed by atoms with Gasteiger partial charge in [0.1, 0.15) is 12.2 Å². The molecule has 0 saturated carbocycles. The largest absolute Gasteiger partial charge is 0.457 e. The van der Waals surface area contributed by atoms with Crippen LogP contribution in [0.4, 0.5) is 4.79 Å². The third kappa shape index (κ3) is 5.25. The van der Waals surface area contributed by atoms with Gasteiger partial charge < -0.3 is 14.4 Å². The monoisotopic (exact) mass is 295 g/mol. The zero-order valence-electron chi connectivity index (χ0n) is 13.3. The van der Waals surface area contributed by atoms with Crippen LogP contribution >= 0.6 is 0 Å². The predicted octanol–water partition coefficient (Wildman–Crippen LogP) is 3.06. The van der Waals surface area contributed by atoms with Crippen LogP contribution in [0.2, 0.25) is 0 Å². The summed E-state index contributed by atoms with van der Waals surface area (Å²) in [5.74, 6) is -0.306. The van der Waals surface area contributed by atoms with E-state index in [1.807, 2.05) is 27.7 Å². The van der Waals surface area contributed by atoms with E-state index in [9.17, 15) is 9.59 Å². The van der Waals surface area contributed by atoms with E-state index < -0.39 is 5.60 Å². The highest BCUT2D eigenvalue weighted by Crippen LogP contribution is 2.23. The lowest BCUT2D eigenvalue weighted by molar-refractivity contribution is -0.150. The molecule has 0 saturated heterocycles. The number of carbonyl (C=O) groups is 2. The number of amides is 1. The molecule has 1 aliphatic rings. The van der Waals surface area contributed by atoms with Gasteiger partial charge in [0.15, 0.2) is 0 Å². The molecule has 1 rings (SSSR count). The molecule has 0 aromatic heterocycles. The van der Waals surface area contributed by atoms with Gasteiger partial charge in [-0.05, 0) is 33.6 Å². The summed E-state index contributed by atoms with van der Waals surface area (Å²) < 4.78 is 10.4. The Morgan fingerprint density at radius 3 is 2.67 bits per heavy atom. The summed E-state index contributed by atoms with van der Waals surface area (Å²) in [5.41, 5.74) is 0.115. The van der Waals surface area contributed by atoms with Gasteiger partial charge in [-0.1, -0.05) is 25.7 Å². The van der Waals surface area contributed by atoms with Crippen molar-refractivity contribution < 1.29 is 19.1 Å².